The molecule has 2 rings (SSSR count). The topological polar surface area (TPSA) is 23.6 Å². The van der Waals surface area contributed by atoms with Crippen molar-refractivity contribution in [2.45, 2.75) is 18.9 Å². The predicted molar refractivity (Wildman–Crippen MR) is 79.5 cm³/mol. The van der Waals surface area contributed by atoms with Crippen molar-refractivity contribution >= 4 is 33.0 Å². The largest absolute Gasteiger partial charge is 0.305 e. The number of ketones is 1. The van der Waals surface area contributed by atoms with Gasteiger partial charge in [-0.2, -0.15) is 0 Å². The minimum absolute atomic E-state index is 0.233. The van der Waals surface area contributed by atoms with E-state index in [4.69, 9.17) is 0 Å². The third kappa shape index (κ3) is 3.41. The number of hydrogen-bond donors (Lipinski definition) is 0. The molecule has 2 heterocycles. The number of thiophene rings is 1. The molecule has 1 unspecified atom stereocenters. The first-order valence-corrected chi connectivity index (χ1v) is 7.90. The van der Waals surface area contributed by atoms with Gasteiger partial charge < -0.3 is 4.90 Å². The van der Waals surface area contributed by atoms with Gasteiger partial charge in [0.2, 0.25) is 0 Å². The maximum Gasteiger partial charge on any atom is 0.187 e. The van der Waals surface area contributed by atoms with Crippen LogP contribution in [0.4, 0.5) is 0 Å². The average Bonchev–Trinajstić information content (AvgIpc) is 2.76. The van der Waals surface area contributed by atoms with Crippen LogP contribution in [0.3, 0.4) is 0 Å². The molecule has 0 amide bonds. The third-order valence-corrected chi connectivity index (χ3v) is 5.33. The van der Waals surface area contributed by atoms with Gasteiger partial charge in [-0.25, -0.2) is 0 Å². The van der Waals surface area contributed by atoms with E-state index in [1.54, 1.807) is 0 Å². The van der Waals surface area contributed by atoms with Crippen LogP contribution < -0.4 is 0 Å². The molecular formula is C13H19BrN2OS. The third-order valence-electron chi connectivity index (χ3n) is 3.45. The second kappa shape index (κ2) is 6.28. The summed E-state index contributed by atoms with van der Waals surface area (Å²) in [6.07, 6.45) is 2.42. The normalized spacial score (nSPS) is 21.4. The van der Waals surface area contributed by atoms with Crippen molar-refractivity contribution in [2.24, 2.45) is 0 Å². The fraction of sp³-hybridized carbons (Fsp3) is 0.615. The SMILES string of the molecule is CN(C)C1CCCN(CC(=O)c2sccc2Br)C1. The van der Waals surface area contributed by atoms with Gasteiger partial charge in [0.1, 0.15) is 0 Å². The minimum Gasteiger partial charge on any atom is -0.305 e. The summed E-state index contributed by atoms with van der Waals surface area (Å²) in [5.41, 5.74) is 0. The Hall–Kier alpha value is -0.230. The standard InChI is InChI=1S/C13H19BrN2OS/c1-15(2)10-4-3-6-16(8-10)9-12(17)13-11(14)5-7-18-13/h5,7,10H,3-4,6,8-9H2,1-2H3. The molecular weight excluding hydrogens is 312 g/mol. The Morgan fingerprint density at radius 3 is 3.00 bits per heavy atom. The Bertz CT molecular complexity index is 419. The van der Waals surface area contributed by atoms with Crippen molar-refractivity contribution in [1.82, 2.24) is 9.80 Å². The molecule has 0 saturated carbocycles. The lowest BCUT2D eigenvalue weighted by Gasteiger charge is -2.35. The van der Waals surface area contributed by atoms with Crippen molar-refractivity contribution in [1.29, 1.82) is 0 Å². The Labute approximate surface area is 121 Å². The van der Waals surface area contributed by atoms with E-state index in [1.165, 1.54) is 24.2 Å². The van der Waals surface area contributed by atoms with Crippen LogP contribution in [0.15, 0.2) is 15.9 Å². The van der Waals surface area contributed by atoms with Crippen LogP contribution in [0, 0.1) is 0 Å². The number of hydrogen-bond acceptors (Lipinski definition) is 4. The van der Waals surface area contributed by atoms with E-state index < -0.39 is 0 Å². The zero-order valence-corrected chi connectivity index (χ0v) is 13.3. The zero-order chi connectivity index (χ0) is 13.1. The van der Waals surface area contributed by atoms with Gasteiger partial charge >= 0.3 is 0 Å². The van der Waals surface area contributed by atoms with Gasteiger partial charge in [0, 0.05) is 17.1 Å². The molecule has 3 nitrogen and oxygen atoms in total. The highest BCUT2D eigenvalue weighted by Gasteiger charge is 2.24. The molecule has 0 N–H and O–H groups in total. The molecule has 1 aromatic heterocycles. The number of carbonyl (C=O) groups excluding carboxylic acids is 1. The number of likely N-dealkylation sites (tertiary alicyclic amines) is 1. The van der Waals surface area contributed by atoms with E-state index >= 15 is 0 Å². The summed E-state index contributed by atoms with van der Waals surface area (Å²) in [5.74, 6) is 0.233. The van der Waals surface area contributed by atoms with E-state index in [2.05, 4.69) is 39.8 Å². The van der Waals surface area contributed by atoms with Crippen molar-refractivity contribution < 1.29 is 4.79 Å². The second-order valence-electron chi connectivity index (χ2n) is 5.02. The van der Waals surface area contributed by atoms with E-state index in [-0.39, 0.29) is 5.78 Å². The van der Waals surface area contributed by atoms with Crippen LogP contribution in [0.25, 0.3) is 0 Å². The summed E-state index contributed by atoms with van der Waals surface area (Å²) < 4.78 is 0.929. The van der Waals surface area contributed by atoms with Crippen LogP contribution in [-0.4, -0.2) is 55.4 Å². The van der Waals surface area contributed by atoms with Crippen molar-refractivity contribution in [2.75, 3.05) is 33.7 Å². The van der Waals surface area contributed by atoms with Gasteiger partial charge in [0.25, 0.3) is 0 Å². The summed E-state index contributed by atoms with van der Waals surface area (Å²) in [7, 11) is 4.23. The van der Waals surface area contributed by atoms with Crippen molar-refractivity contribution in [3.05, 3.63) is 20.8 Å². The summed E-state index contributed by atoms with van der Waals surface area (Å²) in [6, 6.07) is 2.52. The summed E-state index contributed by atoms with van der Waals surface area (Å²) in [4.78, 5) is 17.6. The highest BCUT2D eigenvalue weighted by atomic mass is 79.9. The highest BCUT2D eigenvalue weighted by Crippen LogP contribution is 2.24. The van der Waals surface area contributed by atoms with E-state index in [9.17, 15) is 4.79 Å². The maximum atomic E-state index is 12.2. The maximum absolute atomic E-state index is 12.2. The smallest absolute Gasteiger partial charge is 0.187 e. The van der Waals surface area contributed by atoms with Crippen LogP contribution in [-0.2, 0) is 0 Å². The molecule has 0 aromatic carbocycles. The molecule has 1 aromatic rings. The average molecular weight is 331 g/mol. The molecule has 0 aliphatic carbocycles. The van der Waals surface area contributed by atoms with Gasteiger partial charge in [-0.1, -0.05) is 0 Å². The van der Waals surface area contributed by atoms with Crippen LogP contribution >= 0.6 is 27.3 Å². The van der Waals surface area contributed by atoms with Gasteiger partial charge in [0.05, 0.1) is 11.4 Å². The Morgan fingerprint density at radius 2 is 2.39 bits per heavy atom. The van der Waals surface area contributed by atoms with Gasteiger partial charge in [0.15, 0.2) is 5.78 Å². The van der Waals surface area contributed by atoms with Gasteiger partial charge in [-0.05, 0) is 60.9 Å². The van der Waals surface area contributed by atoms with Crippen molar-refractivity contribution in [3.63, 3.8) is 0 Å². The van der Waals surface area contributed by atoms with Crippen LogP contribution in [0.1, 0.15) is 22.5 Å². The number of rotatable bonds is 4. The number of halogens is 1. The Balaban J connectivity index is 1.93. The number of likely N-dealkylation sites (N-methyl/N-ethyl adjacent to an activating group) is 1. The minimum atomic E-state index is 0.233. The molecule has 0 radical (unpaired) electrons. The number of nitrogens with zero attached hydrogens (tertiary/aromatic N) is 2. The molecule has 5 heteroatoms. The predicted octanol–water partition coefficient (Wildman–Crippen LogP) is 2.72. The zero-order valence-electron chi connectivity index (χ0n) is 10.9. The molecule has 1 aliphatic heterocycles. The molecule has 100 valence electrons. The van der Waals surface area contributed by atoms with E-state index in [1.807, 2.05) is 11.4 Å². The first kappa shape index (κ1) is 14.2. The van der Waals surface area contributed by atoms with Gasteiger partial charge in [-0.15, -0.1) is 11.3 Å². The number of carbonyl (C=O) groups is 1. The van der Waals surface area contributed by atoms with E-state index in [0.29, 0.717) is 12.6 Å². The number of piperidine rings is 1. The molecule has 1 saturated heterocycles. The quantitative estimate of drug-likeness (QED) is 0.793. The van der Waals surface area contributed by atoms with Crippen molar-refractivity contribution in [3.8, 4) is 0 Å². The first-order valence-electron chi connectivity index (χ1n) is 6.23. The Morgan fingerprint density at radius 1 is 1.61 bits per heavy atom. The van der Waals surface area contributed by atoms with Crippen LogP contribution in [0.5, 0.6) is 0 Å². The monoisotopic (exact) mass is 330 g/mol. The molecule has 1 fully saturated rings. The van der Waals surface area contributed by atoms with Crippen LogP contribution in [0.2, 0.25) is 0 Å². The number of Topliss-reactive ketones (excluding diaryl/α,β-unsaturated/α-hetero) is 1. The first-order chi connectivity index (χ1) is 8.58. The van der Waals surface area contributed by atoms with E-state index in [0.717, 1.165) is 22.4 Å². The molecule has 0 bridgehead atoms. The molecule has 1 aliphatic rings. The second-order valence-corrected chi connectivity index (χ2v) is 6.79. The van der Waals surface area contributed by atoms with Gasteiger partial charge in [-0.3, -0.25) is 9.69 Å². The lowest BCUT2D eigenvalue weighted by molar-refractivity contribution is 0.0855. The lowest BCUT2D eigenvalue weighted by atomic mass is 10.0. The molecule has 0 spiro atoms. The summed E-state index contributed by atoms with van der Waals surface area (Å²) in [6.45, 7) is 2.59. The molecule has 1 atom stereocenters. The molecule has 18 heavy (non-hydrogen) atoms. The lowest BCUT2D eigenvalue weighted by Crippen LogP contribution is -2.46. The highest BCUT2D eigenvalue weighted by molar-refractivity contribution is 9.10. The fourth-order valence-corrected chi connectivity index (χ4v) is 3.89. The summed E-state index contributed by atoms with van der Waals surface area (Å²) in [5, 5.41) is 1.95. The summed E-state index contributed by atoms with van der Waals surface area (Å²) >= 11 is 4.95. The Kier molecular flexibility index (Phi) is 4.95. The fourth-order valence-electron chi connectivity index (χ4n) is 2.36.